The molecular weight excluding hydrogens is 416 g/mol. The Hall–Kier alpha value is -3.58. The van der Waals surface area contributed by atoms with Crippen LogP contribution in [0.1, 0.15) is 17.3 Å². The molecule has 0 spiro atoms. The van der Waals surface area contributed by atoms with E-state index in [-0.39, 0.29) is 11.5 Å². The molecule has 31 heavy (non-hydrogen) atoms. The number of fused-ring (bicyclic) bond motifs is 1. The van der Waals surface area contributed by atoms with Crippen LogP contribution in [-0.4, -0.2) is 33.2 Å². The first kappa shape index (κ1) is 20.7. The molecule has 8 heteroatoms. The van der Waals surface area contributed by atoms with Crippen LogP contribution in [0.15, 0.2) is 71.8 Å². The van der Waals surface area contributed by atoms with E-state index in [1.54, 1.807) is 51.8 Å². The van der Waals surface area contributed by atoms with E-state index >= 15 is 0 Å². The Bertz CT molecular complexity index is 1260. The largest absolute Gasteiger partial charge is 0.494 e. The van der Waals surface area contributed by atoms with Crippen LogP contribution in [0, 0.1) is 0 Å². The Labute approximate surface area is 183 Å². The van der Waals surface area contributed by atoms with Gasteiger partial charge in [-0.25, -0.2) is 4.52 Å². The summed E-state index contributed by atoms with van der Waals surface area (Å²) in [7, 11) is 0. The molecule has 7 nitrogen and oxygen atoms in total. The number of ether oxygens (including phenoxy) is 1. The highest BCUT2D eigenvalue weighted by Gasteiger charge is 2.10. The third kappa shape index (κ3) is 4.62. The fourth-order valence-electron chi connectivity index (χ4n) is 3.23. The molecule has 0 unspecified atom stereocenters. The van der Waals surface area contributed by atoms with Gasteiger partial charge >= 0.3 is 0 Å². The molecule has 2 heterocycles. The molecule has 2 aromatic carbocycles. The molecule has 0 aliphatic carbocycles. The summed E-state index contributed by atoms with van der Waals surface area (Å²) >= 11 is 5.84. The van der Waals surface area contributed by atoms with Crippen molar-refractivity contribution in [2.45, 2.75) is 13.5 Å². The van der Waals surface area contributed by atoms with E-state index in [0.717, 1.165) is 11.3 Å². The van der Waals surface area contributed by atoms with Crippen LogP contribution in [0.4, 0.5) is 0 Å². The summed E-state index contributed by atoms with van der Waals surface area (Å²) in [5, 5.41) is 7.88. The first-order valence-electron chi connectivity index (χ1n) is 9.91. The van der Waals surface area contributed by atoms with Crippen LogP contribution >= 0.6 is 11.6 Å². The second-order valence-electron chi connectivity index (χ2n) is 6.88. The molecule has 0 radical (unpaired) electrons. The van der Waals surface area contributed by atoms with Crippen molar-refractivity contribution in [3.63, 3.8) is 0 Å². The Balaban J connectivity index is 1.47. The Morgan fingerprint density at radius 2 is 1.84 bits per heavy atom. The first-order chi connectivity index (χ1) is 15.0. The molecular formula is C23H21ClN4O3. The molecule has 4 rings (SSSR count). The summed E-state index contributed by atoms with van der Waals surface area (Å²) in [5.41, 5.74) is 2.41. The van der Waals surface area contributed by atoms with E-state index in [9.17, 15) is 9.59 Å². The number of nitrogens with zero attached hydrogens (tertiary/aromatic N) is 3. The van der Waals surface area contributed by atoms with Gasteiger partial charge in [-0.15, -0.1) is 0 Å². The maximum Gasteiger partial charge on any atom is 0.276 e. The molecule has 0 aliphatic rings. The Kier molecular flexibility index (Phi) is 6.04. The summed E-state index contributed by atoms with van der Waals surface area (Å²) in [6, 6.07) is 16.0. The van der Waals surface area contributed by atoms with Crippen LogP contribution < -0.4 is 15.6 Å². The lowest BCUT2D eigenvalue weighted by atomic mass is 10.1. The van der Waals surface area contributed by atoms with E-state index in [4.69, 9.17) is 16.3 Å². The molecule has 1 amide bonds. The summed E-state index contributed by atoms with van der Waals surface area (Å²) in [4.78, 5) is 25.1. The number of halogens is 1. The maximum atomic E-state index is 12.9. The van der Waals surface area contributed by atoms with Crippen LogP contribution in [0.25, 0.3) is 16.8 Å². The van der Waals surface area contributed by atoms with Gasteiger partial charge in [0.2, 0.25) is 0 Å². The first-order valence-corrected chi connectivity index (χ1v) is 10.3. The van der Waals surface area contributed by atoms with Gasteiger partial charge in [0.25, 0.3) is 11.5 Å². The number of hydrogen-bond acceptors (Lipinski definition) is 4. The van der Waals surface area contributed by atoms with Crippen molar-refractivity contribution in [3.8, 4) is 17.0 Å². The number of nitrogens with one attached hydrogen (secondary N) is 1. The molecule has 0 bridgehead atoms. The van der Waals surface area contributed by atoms with Crippen molar-refractivity contribution in [3.05, 3.63) is 87.9 Å². The van der Waals surface area contributed by atoms with Gasteiger partial charge in [0.1, 0.15) is 11.3 Å². The minimum absolute atomic E-state index is 0.173. The molecule has 2 aromatic heterocycles. The van der Waals surface area contributed by atoms with E-state index < -0.39 is 0 Å². The van der Waals surface area contributed by atoms with Crippen LogP contribution in [0.5, 0.6) is 5.75 Å². The second-order valence-corrected chi connectivity index (χ2v) is 7.31. The third-order valence-corrected chi connectivity index (χ3v) is 5.06. The van der Waals surface area contributed by atoms with Gasteiger partial charge in [0.05, 0.1) is 12.3 Å². The average molecular weight is 437 g/mol. The zero-order chi connectivity index (χ0) is 21.8. The summed E-state index contributed by atoms with van der Waals surface area (Å²) in [6.45, 7) is 3.20. The number of amides is 1. The summed E-state index contributed by atoms with van der Waals surface area (Å²) in [5.74, 6) is 0.575. The minimum atomic E-state index is -0.215. The monoisotopic (exact) mass is 436 g/mol. The lowest BCUT2D eigenvalue weighted by Crippen LogP contribution is -2.31. The van der Waals surface area contributed by atoms with Gasteiger partial charge in [-0.3, -0.25) is 9.59 Å². The highest BCUT2D eigenvalue weighted by Crippen LogP contribution is 2.21. The maximum absolute atomic E-state index is 12.9. The van der Waals surface area contributed by atoms with Crippen molar-refractivity contribution >= 4 is 23.0 Å². The Morgan fingerprint density at radius 1 is 1.10 bits per heavy atom. The summed E-state index contributed by atoms with van der Waals surface area (Å²) in [6.07, 6.45) is 3.40. The van der Waals surface area contributed by atoms with Gasteiger partial charge < -0.3 is 14.6 Å². The zero-order valence-corrected chi connectivity index (χ0v) is 17.7. The smallest absolute Gasteiger partial charge is 0.276 e. The molecule has 0 aliphatic heterocycles. The zero-order valence-electron chi connectivity index (χ0n) is 16.9. The average Bonchev–Trinajstić information content (AvgIpc) is 3.22. The third-order valence-electron chi connectivity index (χ3n) is 4.81. The number of hydrogen-bond donors (Lipinski definition) is 1. The molecule has 0 saturated carbocycles. The molecule has 0 fully saturated rings. The topological polar surface area (TPSA) is 77.6 Å². The van der Waals surface area contributed by atoms with Crippen LogP contribution in [0.2, 0.25) is 5.02 Å². The number of benzene rings is 2. The number of aromatic nitrogens is 3. The van der Waals surface area contributed by atoms with Crippen LogP contribution in [-0.2, 0) is 6.54 Å². The number of rotatable bonds is 7. The van der Waals surface area contributed by atoms with Crippen molar-refractivity contribution in [2.24, 2.45) is 0 Å². The fraction of sp³-hybridized carbons (Fsp3) is 0.174. The molecule has 0 saturated heterocycles. The highest BCUT2D eigenvalue weighted by molar-refractivity contribution is 6.30. The molecule has 1 N–H and O–H groups in total. The van der Waals surface area contributed by atoms with Crippen molar-refractivity contribution in [2.75, 3.05) is 13.2 Å². The lowest BCUT2D eigenvalue weighted by molar-refractivity contribution is 0.0952. The standard InChI is InChI=1S/C23H21ClN4O3/c1-2-31-19-9-5-16(6-10-19)20-15-21-23(30)27(13-14-28(21)26-20)12-11-25-22(29)17-3-7-18(24)8-4-17/h3-10,13-15H,2,11-12H2,1H3,(H,25,29). The van der Waals surface area contributed by atoms with Gasteiger partial charge in [-0.05, 0) is 61.5 Å². The highest BCUT2D eigenvalue weighted by atomic mass is 35.5. The molecule has 4 aromatic rings. The van der Waals surface area contributed by atoms with Crippen molar-refractivity contribution in [1.82, 2.24) is 19.5 Å². The fourth-order valence-corrected chi connectivity index (χ4v) is 3.35. The minimum Gasteiger partial charge on any atom is -0.494 e. The van der Waals surface area contributed by atoms with Gasteiger partial charge in [0.15, 0.2) is 0 Å². The molecule has 158 valence electrons. The predicted molar refractivity (Wildman–Crippen MR) is 120 cm³/mol. The molecule has 0 atom stereocenters. The lowest BCUT2D eigenvalue weighted by Gasteiger charge is -2.08. The SMILES string of the molecule is CCOc1ccc(-c2cc3c(=O)n(CCNC(=O)c4ccc(Cl)cc4)ccn3n2)cc1. The van der Waals surface area contributed by atoms with E-state index in [1.807, 2.05) is 31.2 Å². The van der Waals surface area contributed by atoms with Gasteiger partial charge in [-0.1, -0.05) is 11.6 Å². The van der Waals surface area contributed by atoms with Gasteiger partial charge in [-0.2, -0.15) is 5.10 Å². The van der Waals surface area contributed by atoms with Crippen molar-refractivity contribution in [1.29, 1.82) is 0 Å². The normalized spacial score (nSPS) is 10.9. The summed E-state index contributed by atoms with van der Waals surface area (Å²) < 4.78 is 8.59. The van der Waals surface area contributed by atoms with E-state index in [0.29, 0.717) is 41.5 Å². The van der Waals surface area contributed by atoms with Crippen molar-refractivity contribution < 1.29 is 9.53 Å². The quantitative estimate of drug-likeness (QED) is 0.479. The predicted octanol–water partition coefficient (Wildman–Crippen LogP) is 3.65. The van der Waals surface area contributed by atoms with E-state index in [1.165, 1.54) is 0 Å². The second kappa shape index (κ2) is 9.06. The van der Waals surface area contributed by atoms with Crippen LogP contribution in [0.3, 0.4) is 0 Å². The van der Waals surface area contributed by atoms with E-state index in [2.05, 4.69) is 10.4 Å². The number of carbonyl (C=O) groups excluding carboxylic acids is 1. The number of carbonyl (C=O) groups is 1. The van der Waals surface area contributed by atoms with Gasteiger partial charge in [0, 0.05) is 41.6 Å². The Morgan fingerprint density at radius 3 is 2.55 bits per heavy atom.